The maximum absolute atomic E-state index is 12.4. The minimum Gasteiger partial charge on any atom is -0.321 e. The summed E-state index contributed by atoms with van der Waals surface area (Å²) in [6.45, 7) is 0. The number of amides is 1. The Balaban J connectivity index is 1.99. The fraction of sp³-hybridized carbons (Fsp3) is 0. The van der Waals surface area contributed by atoms with E-state index in [9.17, 15) is 10.1 Å². The van der Waals surface area contributed by atoms with Crippen molar-refractivity contribution in [1.82, 2.24) is 4.98 Å². The number of nitrogens with zero attached hydrogens (tertiary/aromatic N) is 2. The normalized spacial score (nSPS) is 15.2. The number of halogens is 1. The van der Waals surface area contributed by atoms with Crippen LogP contribution in [0.5, 0.6) is 0 Å². The predicted octanol–water partition coefficient (Wildman–Crippen LogP) is 4.45. The van der Waals surface area contributed by atoms with Crippen molar-refractivity contribution in [2.45, 2.75) is 0 Å². The summed E-state index contributed by atoms with van der Waals surface area (Å²) >= 11 is 4.82. The Kier molecular flexibility index (Phi) is 3.26. The number of anilines is 1. The molecule has 1 N–H and O–H groups in total. The van der Waals surface area contributed by atoms with E-state index in [4.69, 9.17) is 0 Å². The predicted molar refractivity (Wildman–Crippen MR) is 94.8 cm³/mol. The maximum Gasteiger partial charge on any atom is 0.257 e. The minimum absolute atomic E-state index is 0.270. The Morgan fingerprint density at radius 1 is 1.26 bits per heavy atom. The summed E-state index contributed by atoms with van der Waals surface area (Å²) in [6.07, 6.45) is 0. The van der Waals surface area contributed by atoms with Crippen molar-refractivity contribution >= 4 is 60.2 Å². The van der Waals surface area contributed by atoms with Gasteiger partial charge in [0.05, 0.1) is 15.8 Å². The summed E-state index contributed by atoms with van der Waals surface area (Å²) in [5.74, 6) is -0.270. The third kappa shape index (κ3) is 2.25. The second kappa shape index (κ2) is 5.30. The number of aromatic nitrogens is 1. The van der Waals surface area contributed by atoms with Gasteiger partial charge in [-0.1, -0.05) is 28.1 Å². The molecule has 4 nitrogen and oxygen atoms in total. The molecule has 0 atom stereocenters. The first-order valence-electron chi connectivity index (χ1n) is 6.79. The fourth-order valence-corrected chi connectivity index (χ4v) is 3.91. The van der Waals surface area contributed by atoms with Crippen molar-refractivity contribution in [3.8, 4) is 6.07 Å². The molecule has 0 fully saturated rings. The van der Waals surface area contributed by atoms with Crippen LogP contribution in [0.4, 0.5) is 5.69 Å². The average molecular weight is 382 g/mol. The molecular formula is C17H8BrN3OS. The van der Waals surface area contributed by atoms with Gasteiger partial charge >= 0.3 is 0 Å². The second-order valence-electron chi connectivity index (χ2n) is 4.99. The van der Waals surface area contributed by atoms with E-state index in [2.05, 4.69) is 32.3 Å². The van der Waals surface area contributed by atoms with Gasteiger partial charge in [-0.2, -0.15) is 5.26 Å². The molecule has 0 radical (unpaired) electrons. The number of fused-ring (bicyclic) bond motifs is 2. The standard InChI is InChI=1S/C17H8BrN3OS/c18-9-5-6-12-10(7-9)15(16(22)20-12)11(8-19)17-21-13-3-1-2-4-14(13)23-17/h1-7H,(H,20,22)/b15-11-. The molecule has 110 valence electrons. The van der Waals surface area contributed by atoms with Gasteiger partial charge in [-0.05, 0) is 30.3 Å². The molecule has 2 heterocycles. The van der Waals surface area contributed by atoms with Crippen LogP contribution >= 0.6 is 27.3 Å². The molecule has 1 aromatic heterocycles. The Morgan fingerprint density at radius 2 is 2.09 bits per heavy atom. The molecule has 4 rings (SSSR count). The van der Waals surface area contributed by atoms with E-state index >= 15 is 0 Å². The van der Waals surface area contributed by atoms with Gasteiger partial charge in [0.2, 0.25) is 0 Å². The van der Waals surface area contributed by atoms with Crippen molar-refractivity contribution in [3.63, 3.8) is 0 Å². The zero-order valence-corrected chi connectivity index (χ0v) is 14.0. The number of hydrogen-bond acceptors (Lipinski definition) is 4. The summed E-state index contributed by atoms with van der Waals surface area (Å²) in [6, 6.07) is 15.4. The Labute approximate surface area is 144 Å². The SMILES string of the molecule is N#C/C(=C1/C(=O)Nc2ccc(Br)cc21)c1nc2ccccc2s1. The topological polar surface area (TPSA) is 65.8 Å². The minimum atomic E-state index is -0.270. The first kappa shape index (κ1) is 14.1. The van der Waals surface area contributed by atoms with Crippen LogP contribution in [0.15, 0.2) is 46.9 Å². The molecule has 23 heavy (non-hydrogen) atoms. The smallest absolute Gasteiger partial charge is 0.257 e. The van der Waals surface area contributed by atoms with Gasteiger partial charge in [-0.25, -0.2) is 4.98 Å². The molecule has 6 heteroatoms. The molecule has 0 bridgehead atoms. The summed E-state index contributed by atoms with van der Waals surface area (Å²) in [5.41, 5.74) is 2.94. The third-order valence-corrected chi connectivity index (χ3v) is 5.14. The number of nitriles is 1. The number of hydrogen-bond donors (Lipinski definition) is 1. The van der Waals surface area contributed by atoms with E-state index in [1.807, 2.05) is 42.5 Å². The number of carbonyl (C=O) groups is 1. The summed E-state index contributed by atoms with van der Waals surface area (Å²) in [7, 11) is 0. The fourth-order valence-electron chi connectivity index (χ4n) is 2.58. The molecule has 1 aliphatic rings. The number of benzene rings is 2. The summed E-state index contributed by atoms with van der Waals surface area (Å²) < 4.78 is 1.84. The number of allylic oxidation sites excluding steroid dienone is 1. The van der Waals surface area contributed by atoms with Crippen molar-refractivity contribution in [2.24, 2.45) is 0 Å². The third-order valence-electron chi connectivity index (χ3n) is 3.60. The lowest BCUT2D eigenvalue weighted by molar-refractivity contribution is -0.110. The lowest BCUT2D eigenvalue weighted by atomic mass is 10.0. The van der Waals surface area contributed by atoms with E-state index in [-0.39, 0.29) is 5.91 Å². The first-order chi connectivity index (χ1) is 11.2. The van der Waals surface area contributed by atoms with Gasteiger partial charge in [-0.3, -0.25) is 4.79 Å². The summed E-state index contributed by atoms with van der Waals surface area (Å²) in [4.78, 5) is 16.9. The number of carbonyl (C=O) groups excluding carboxylic acids is 1. The molecule has 2 aromatic carbocycles. The molecule has 1 aliphatic heterocycles. The lowest BCUT2D eigenvalue weighted by Gasteiger charge is -2.01. The van der Waals surface area contributed by atoms with Gasteiger partial charge < -0.3 is 5.32 Å². The molecular weight excluding hydrogens is 374 g/mol. The quantitative estimate of drug-likeness (QED) is 0.500. The highest BCUT2D eigenvalue weighted by molar-refractivity contribution is 9.10. The number of nitrogens with one attached hydrogen (secondary N) is 1. The molecule has 3 aromatic rings. The molecule has 0 saturated carbocycles. The van der Waals surface area contributed by atoms with Crippen molar-refractivity contribution < 1.29 is 4.79 Å². The van der Waals surface area contributed by atoms with Gasteiger partial charge in [0.15, 0.2) is 0 Å². The van der Waals surface area contributed by atoms with E-state index in [0.29, 0.717) is 21.8 Å². The highest BCUT2D eigenvalue weighted by Gasteiger charge is 2.29. The van der Waals surface area contributed by atoms with E-state index < -0.39 is 0 Å². The van der Waals surface area contributed by atoms with Gasteiger partial charge in [0, 0.05) is 15.7 Å². The second-order valence-corrected chi connectivity index (χ2v) is 6.94. The van der Waals surface area contributed by atoms with Crippen molar-refractivity contribution in [3.05, 3.63) is 57.5 Å². The van der Waals surface area contributed by atoms with Gasteiger partial charge in [-0.15, -0.1) is 11.3 Å². The van der Waals surface area contributed by atoms with E-state index in [1.54, 1.807) is 0 Å². The van der Waals surface area contributed by atoms with Crippen LogP contribution in [0.3, 0.4) is 0 Å². The Morgan fingerprint density at radius 3 is 2.87 bits per heavy atom. The highest BCUT2D eigenvalue weighted by atomic mass is 79.9. The number of thiazole rings is 1. The number of para-hydroxylation sites is 1. The van der Waals surface area contributed by atoms with Crippen LogP contribution in [0.2, 0.25) is 0 Å². The van der Waals surface area contributed by atoms with Crippen LogP contribution in [-0.2, 0) is 4.79 Å². The van der Waals surface area contributed by atoms with Crippen molar-refractivity contribution in [1.29, 1.82) is 5.26 Å². The average Bonchev–Trinajstić information content (AvgIpc) is 3.10. The maximum atomic E-state index is 12.4. The highest BCUT2D eigenvalue weighted by Crippen LogP contribution is 2.39. The molecule has 0 aliphatic carbocycles. The van der Waals surface area contributed by atoms with Gasteiger partial charge in [0.25, 0.3) is 5.91 Å². The lowest BCUT2D eigenvalue weighted by Crippen LogP contribution is -2.05. The van der Waals surface area contributed by atoms with Crippen LogP contribution in [0.1, 0.15) is 10.6 Å². The largest absolute Gasteiger partial charge is 0.321 e. The molecule has 0 unspecified atom stereocenters. The number of rotatable bonds is 1. The van der Waals surface area contributed by atoms with Gasteiger partial charge in [0.1, 0.15) is 16.6 Å². The Hall–Kier alpha value is -2.49. The van der Waals surface area contributed by atoms with Crippen LogP contribution in [-0.4, -0.2) is 10.9 Å². The molecule has 0 saturated heterocycles. The van der Waals surface area contributed by atoms with Crippen LogP contribution in [0, 0.1) is 11.3 Å². The zero-order chi connectivity index (χ0) is 16.0. The van der Waals surface area contributed by atoms with Crippen LogP contribution in [0.25, 0.3) is 21.4 Å². The monoisotopic (exact) mass is 381 g/mol. The Bertz CT molecular complexity index is 1010. The van der Waals surface area contributed by atoms with E-state index in [0.717, 1.165) is 20.3 Å². The van der Waals surface area contributed by atoms with Crippen molar-refractivity contribution in [2.75, 3.05) is 5.32 Å². The zero-order valence-electron chi connectivity index (χ0n) is 11.6. The molecule has 0 spiro atoms. The van der Waals surface area contributed by atoms with Crippen LogP contribution < -0.4 is 5.32 Å². The first-order valence-corrected chi connectivity index (χ1v) is 8.40. The molecule has 1 amide bonds. The van der Waals surface area contributed by atoms with E-state index in [1.165, 1.54) is 11.3 Å². The summed E-state index contributed by atoms with van der Waals surface area (Å²) in [5, 5.41) is 13.0.